The number of aliphatic hydroxyl groups excluding tert-OH is 1. The summed E-state index contributed by atoms with van der Waals surface area (Å²) < 4.78 is 0. The summed E-state index contributed by atoms with van der Waals surface area (Å²) in [6.45, 7) is 9.55. The lowest BCUT2D eigenvalue weighted by molar-refractivity contribution is 0.00181. The molecule has 0 aliphatic heterocycles. The van der Waals surface area contributed by atoms with Crippen LogP contribution < -0.4 is 0 Å². The van der Waals surface area contributed by atoms with E-state index in [4.69, 9.17) is 0 Å². The molecule has 0 radical (unpaired) electrons. The SMILES string of the molecule is CC1(C)CCC(C)(C)[C@H]2CC(O)CC21. The van der Waals surface area contributed by atoms with Crippen LogP contribution in [0.4, 0.5) is 0 Å². The average molecular weight is 196 g/mol. The van der Waals surface area contributed by atoms with Gasteiger partial charge in [0.2, 0.25) is 0 Å². The van der Waals surface area contributed by atoms with Gasteiger partial charge in [-0.05, 0) is 48.3 Å². The van der Waals surface area contributed by atoms with Gasteiger partial charge in [0.15, 0.2) is 0 Å². The Morgan fingerprint density at radius 2 is 1.21 bits per heavy atom. The first-order valence-corrected chi connectivity index (χ1v) is 6.01. The minimum absolute atomic E-state index is 0.0263. The number of hydrogen-bond donors (Lipinski definition) is 1. The van der Waals surface area contributed by atoms with Crippen LogP contribution in [0.2, 0.25) is 0 Å². The van der Waals surface area contributed by atoms with E-state index in [2.05, 4.69) is 27.7 Å². The fourth-order valence-corrected chi connectivity index (χ4v) is 3.75. The van der Waals surface area contributed by atoms with Crippen molar-refractivity contribution < 1.29 is 5.11 Å². The minimum atomic E-state index is -0.0263. The monoisotopic (exact) mass is 196 g/mol. The molecule has 2 rings (SSSR count). The van der Waals surface area contributed by atoms with Crippen molar-refractivity contribution in [3.63, 3.8) is 0 Å². The van der Waals surface area contributed by atoms with E-state index < -0.39 is 0 Å². The van der Waals surface area contributed by atoms with Gasteiger partial charge in [0.1, 0.15) is 0 Å². The Morgan fingerprint density at radius 1 is 0.857 bits per heavy atom. The van der Waals surface area contributed by atoms with Gasteiger partial charge in [0, 0.05) is 0 Å². The summed E-state index contributed by atoms with van der Waals surface area (Å²) >= 11 is 0. The van der Waals surface area contributed by atoms with Gasteiger partial charge >= 0.3 is 0 Å². The van der Waals surface area contributed by atoms with Crippen molar-refractivity contribution in [1.29, 1.82) is 0 Å². The molecule has 2 fully saturated rings. The van der Waals surface area contributed by atoms with Crippen LogP contribution >= 0.6 is 0 Å². The van der Waals surface area contributed by atoms with Gasteiger partial charge in [-0.2, -0.15) is 0 Å². The summed E-state index contributed by atoms with van der Waals surface area (Å²) in [7, 11) is 0. The molecule has 1 heteroatoms. The normalized spacial score (nSPS) is 44.8. The van der Waals surface area contributed by atoms with Gasteiger partial charge in [0.25, 0.3) is 0 Å². The van der Waals surface area contributed by atoms with Crippen LogP contribution in [-0.2, 0) is 0 Å². The molecular weight excluding hydrogens is 172 g/mol. The van der Waals surface area contributed by atoms with Gasteiger partial charge in [-0.3, -0.25) is 0 Å². The third kappa shape index (κ3) is 1.50. The van der Waals surface area contributed by atoms with Crippen molar-refractivity contribution in [3.8, 4) is 0 Å². The minimum Gasteiger partial charge on any atom is -0.393 e. The Labute approximate surface area is 87.9 Å². The average Bonchev–Trinajstić information content (AvgIpc) is 2.44. The molecule has 2 unspecified atom stereocenters. The van der Waals surface area contributed by atoms with Crippen molar-refractivity contribution in [1.82, 2.24) is 0 Å². The van der Waals surface area contributed by atoms with Gasteiger partial charge in [0.05, 0.1) is 6.10 Å². The zero-order valence-corrected chi connectivity index (χ0v) is 10.0. The fraction of sp³-hybridized carbons (Fsp3) is 1.00. The second-order valence-electron chi connectivity index (χ2n) is 6.82. The van der Waals surface area contributed by atoms with E-state index in [9.17, 15) is 5.11 Å². The van der Waals surface area contributed by atoms with Crippen LogP contribution in [0.15, 0.2) is 0 Å². The largest absolute Gasteiger partial charge is 0.393 e. The van der Waals surface area contributed by atoms with E-state index in [0.29, 0.717) is 10.8 Å². The molecule has 1 N–H and O–H groups in total. The van der Waals surface area contributed by atoms with Crippen LogP contribution in [0, 0.1) is 22.7 Å². The summed E-state index contributed by atoms with van der Waals surface area (Å²) in [6, 6.07) is 0. The predicted octanol–water partition coefficient (Wildman–Crippen LogP) is 3.22. The van der Waals surface area contributed by atoms with E-state index in [1.54, 1.807) is 0 Å². The predicted molar refractivity (Wildman–Crippen MR) is 59.0 cm³/mol. The fourth-order valence-electron chi connectivity index (χ4n) is 3.75. The molecule has 0 amide bonds. The Bertz CT molecular complexity index is 205. The highest BCUT2D eigenvalue weighted by Crippen LogP contribution is 2.58. The van der Waals surface area contributed by atoms with Crippen molar-refractivity contribution in [2.45, 2.75) is 59.5 Å². The molecular formula is C13H24O. The summed E-state index contributed by atoms with van der Waals surface area (Å²) in [4.78, 5) is 0. The number of hydrogen-bond acceptors (Lipinski definition) is 1. The molecule has 2 aliphatic carbocycles. The Hall–Kier alpha value is -0.0400. The quantitative estimate of drug-likeness (QED) is 0.630. The molecule has 0 saturated heterocycles. The van der Waals surface area contributed by atoms with E-state index in [0.717, 1.165) is 24.7 Å². The third-order valence-corrected chi connectivity index (χ3v) is 4.96. The lowest BCUT2D eigenvalue weighted by Gasteiger charge is -2.49. The van der Waals surface area contributed by atoms with Crippen molar-refractivity contribution in [3.05, 3.63) is 0 Å². The van der Waals surface area contributed by atoms with Crippen LogP contribution in [0.3, 0.4) is 0 Å². The molecule has 0 heterocycles. The summed E-state index contributed by atoms with van der Waals surface area (Å²) in [5.74, 6) is 1.50. The zero-order chi connectivity index (χ0) is 10.6. The van der Waals surface area contributed by atoms with Gasteiger partial charge in [-0.1, -0.05) is 27.7 Å². The van der Waals surface area contributed by atoms with Crippen LogP contribution in [0.25, 0.3) is 0 Å². The standard InChI is InChI=1S/C13H24O/c1-12(2)5-6-13(3,4)11-8-9(14)7-10(11)12/h9-11,14H,5-8H2,1-4H3/t9?,10-,11?/m0/s1. The van der Waals surface area contributed by atoms with Crippen molar-refractivity contribution in [2.24, 2.45) is 22.7 Å². The molecule has 0 aromatic rings. The Morgan fingerprint density at radius 3 is 1.57 bits per heavy atom. The number of fused-ring (bicyclic) bond motifs is 1. The molecule has 0 bridgehead atoms. The first kappa shape index (κ1) is 10.5. The highest BCUT2D eigenvalue weighted by Gasteiger charge is 2.51. The smallest absolute Gasteiger partial charge is 0.0546 e. The maximum atomic E-state index is 9.82. The lowest BCUT2D eigenvalue weighted by atomic mass is 9.56. The number of aliphatic hydroxyl groups is 1. The van der Waals surface area contributed by atoms with Gasteiger partial charge in [-0.15, -0.1) is 0 Å². The molecule has 0 aromatic heterocycles. The lowest BCUT2D eigenvalue weighted by Crippen LogP contribution is -2.41. The van der Waals surface area contributed by atoms with Gasteiger partial charge < -0.3 is 5.11 Å². The topological polar surface area (TPSA) is 20.2 Å². The first-order valence-electron chi connectivity index (χ1n) is 6.01. The zero-order valence-electron chi connectivity index (χ0n) is 10.0. The molecule has 2 saturated carbocycles. The highest BCUT2D eigenvalue weighted by molar-refractivity contribution is 5.01. The molecule has 3 atom stereocenters. The van der Waals surface area contributed by atoms with Crippen molar-refractivity contribution >= 4 is 0 Å². The second kappa shape index (κ2) is 2.98. The van der Waals surface area contributed by atoms with E-state index in [1.807, 2.05) is 0 Å². The molecule has 2 aliphatic rings. The van der Waals surface area contributed by atoms with E-state index in [1.165, 1.54) is 12.8 Å². The summed E-state index contributed by atoms with van der Waals surface area (Å²) in [6.07, 6.45) is 4.71. The van der Waals surface area contributed by atoms with Crippen LogP contribution in [0.1, 0.15) is 53.4 Å². The summed E-state index contributed by atoms with van der Waals surface area (Å²) in [5.41, 5.74) is 0.912. The second-order valence-corrected chi connectivity index (χ2v) is 6.82. The molecule has 0 aromatic carbocycles. The maximum Gasteiger partial charge on any atom is 0.0546 e. The Kier molecular flexibility index (Phi) is 2.23. The van der Waals surface area contributed by atoms with E-state index in [-0.39, 0.29) is 6.10 Å². The molecule has 82 valence electrons. The van der Waals surface area contributed by atoms with E-state index >= 15 is 0 Å². The molecule has 14 heavy (non-hydrogen) atoms. The van der Waals surface area contributed by atoms with Crippen LogP contribution in [0.5, 0.6) is 0 Å². The molecule has 1 nitrogen and oxygen atoms in total. The Balaban J connectivity index is 2.25. The molecule has 0 spiro atoms. The maximum absolute atomic E-state index is 9.82. The van der Waals surface area contributed by atoms with Crippen LogP contribution in [-0.4, -0.2) is 11.2 Å². The number of rotatable bonds is 0. The highest BCUT2D eigenvalue weighted by atomic mass is 16.3. The van der Waals surface area contributed by atoms with Crippen molar-refractivity contribution in [2.75, 3.05) is 0 Å². The first-order chi connectivity index (χ1) is 6.33. The third-order valence-electron chi connectivity index (χ3n) is 4.96. The summed E-state index contributed by atoms with van der Waals surface area (Å²) in [5, 5.41) is 9.82. The van der Waals surface area contributed by atoms with Gasteiger partial charge in [-0.25, -0.2) is 0 Å².